The van der Waals surface area contributed by atoms with Gasteiger partial charge in [-0.25, -0.2) is 4.39 Å². The second-order valence-corrected chi connectivity index (χ2v) is 5.38. The van der Waals surface area contributed by atoms with Crippen LogP contribution in [0.1, 0.15) is 28.4 Å². The molecule has 1 atom stereocenters. The predicted octanol–water partition coefficient (Wildman–Crippen LogP) is 4.84. The first-order chi connectivity index (χ1) is 9.54. The molecule has 1 aliphatic heterocycles. The molecule has 3 rings (SSSR count). The van der Waals surface area contributed by atoms with Gasteiger partial charge in [0.15, 0.2) is 5.78 Å². The van der Waals surface area contributed by atoms with Crippen LogP contribution in [0.25, 0.3) is 0 Å². The molecule has 0 amide bonds. The molecule has 0 spiro atoms. The van der Waals surface area contributed by atoms with E-state index in [0.717, 1.165) is 0 Å². The van der Waals surface area contributed by atoms with E-state index in [4.69, 9.17) is 27.9 Å². The van der Waals surface area contributed by atoms with E-state index in [0.29, 0.717) is 21.9 Å². The first-order valence-corrected chi connectivity index (χ1v) is 6.74. The van der Waals surface area contributed by atoms with Crippen LogP contribution in [0.5, 0.6) is 5.75 Å². The average molecular weight is 311 g/mol. The largest absolute Gasteiger partial charge is 0.484 e. The maximum absolute atomic E-state index is 13.1. The third kappa shape index (κ3) is 2.39. The van der Waals surface area contributed by atoms with Crippen molar-refractivity contribution >= 4 is 29.0 Å². The summed E-state index contributed by atoms with van der Waals surface area (Å²) < 4.78 is 18.8. The molecule has 0 aromatic heterocycles. The van der Waals surface area contributed by atoms with Crippen LogP contribution in [0.15, 0.2) is 36.4 Å². The highest BCUT2D eigenvalue weighted by Crippen LogP contribution is 2.38. The topological polar surface area (TPSA) is 26.3 Å². The lowest BCUT2D eigenvalue weighted by atomic mass is 9.96. The first kappa shape index (κ1) is 13.4. The maximum Gasteiger partial charge on any atom is 0.170 e. The van der Waals surface area contributed by atoms with Crippen LogP contribution in [-0.4, -0.2) is 5.78 Å². The van der Waals surface area contributed by atoms with Crippen LogP contribution in [0.4, 0.5) is 4.39 Å². The molecule has 102 valence electrons. The number of halogens is 3. The number of hydrogen-bond donors (Lipinski definition) is 0. The molecule has 0 saturated carbocycles. The zero-order chi connectivity index (χ0) is 14.3. The zero-order valence-corrected chi connectivity index (χ0v) is 11.7. The Morgan fingerprint density at radius 1 is 1.15 bits per heavy atom. The number of carbonyl (C=O) groups is 1. The van der Waals surface area contributed by atoms with Crippen molar-refractivity contribution < 1.29 is 13.9 Å². The van der Waals surface area contributed by atoms with Gasteiger partial charge in [0.05, 0.1) is 17.0 Å². The summed E-state index contributed by atoms with van der Waals surface area (Å²) in [5, 5.41) is 0.735. The summed E-state index contributed by atoms with van der Waals surface area (Å²) >= 11 is 11.9. The van der Waals surface area contributed by atoms with E-state index in [1.54, 1.807) is 18.2 Å². The summed E-state index contributed by atoms with van der Waals surface area (Å²) in [7, 11) is 0. The molecular formula is C15H9Cl2FO2. The molecule has 0 saturated heterocycles. The van der Waals surface area contributed by atoms with Gasteiger partial charge in [0, 0.05) is 10.6 Å². The Bertz CT molecular complexity index is 700. The molecule has 2 aromatic carbocycles. The molecule has 2 nitrogen and oxygen atoms in total. The predicted molar refractivity (Wildman–Crippen MR) is 75.2 cm³/mol. The third-order valence-corrected chi connectivity index (χ3v) is 3.75. The lowest BCUT2D eigenvalue weighted by Crippen LogP contribution is -2.20. The first-order valence-electron chi connectivity index (χ1n) is 5.99. The Kier molecular flexibility index (Phi) is 3.40. The second-order valence-electron chi connectivity index (χ2n) is 4.54. The van der Waals surface area contributed by atoms with Crippen molar-refractivity contribution in [3.63, 3.8) is 0 Å². The van der Waals surface area contributed by atoms with Gasteiger partial charge >= 0.3 is 0 Å². The van der Waals surface area contributed by atoms with Crippen LogP contribution < -0.4 is 4.74 Å². The highest BCUT2D eigenvalue weighted by molar-refractivity contribution is 6.31. The van der Waals surface area contributed by atoms with Crippen molar-refractivity contribution in [1.29, 1.82) is 0 Å². The number of carbonyl (C=O) groups excluding carboxylic acids is 1. The number of ether oxygens (including phenoxy) is 1. The van der Waals surface area contributed by atoms with Crippen LogP contribution in [0.3, 0.4) is 0 Å². The van der Waals surface area contributed by atoms with Crippen LogP contribution in [-0.2, 0) is 0 Å². The normalized spacial score (nSPS) is 17.6. The number of Topliss-reactive ketones (excluding diaryl/α,β-unsaturated/α-hetero) is 1. The summed E-state index contributed by atoms with van der Waals surface area (Å²) in [6, 6.07) is 8.94. The monoisotopic (exact) mass is 310 g/mol. The van der Waals surface area contributed by atoms with Crippen molar-refractivity contribution in [2.75, 3.05) is 0 Å². The molecule has 0 fully saturated rings. The Morgan fingerprint density at radius 2 is 1.95 bits per heavy atom. The van der Waals surface area contributed by atoms with Gasteiger partial charge in [0.25, 0.3) is 0 Å². The fourth-order valence-electron chi connectivity index (χ4n) is 2.23. The summed E-state index contributed by atoms with van der Waals surface area (Å²) in [4.78, 5) is 12.1. The molecular weight excluding hydrogens is 302 g/mol. The SMILES string of the molecule is O=C1CC(c2ccc(F)cc2Cl)Oc2ccc(Cl)cc21. The summed E-state index contributed by atoms with van der Waals surface area (Å²) in [5.74, 6) is -0.0248. The highest BCUT2D eigenvalue weighted by Gasteiger charge is 2.29. The number of ketones is 1. The molecule has 1 aliphatic rings. The molecule has 0 N–H and O–H groups in total. The van der Waals surface area contributed by atoms with Crippen LogP contribution in [0.2, 0.25) is 10.0 Å². The lowest BCUT2D eigenvalue weighted by molar-refractivity contribution is 0.0850. The summed E-state index contributed by atoms with van der Waals surface area (Å²) in [5.41, 5.74) is 1.06. The Balaban J connectivity index is 1.99. The van der Waals surface area contributed by atoms with E-state index in [1.165, 1.54) is 18.2 Å². The fourth-order valence-corrected chi connectivity index (χ4v) is 2.69. The van der Waals surface area contributed by atoms with Gasteiger partial charge in [-0.05, 0) is 30.3 Å². The lowest BCUT2D eigenvalue weighted by Gasteiger charge is -2.26. The fraction of sp³-hybridized carbons (Fsp3) is 0.133. The minimum absolute atomic E-state index is 0.0702. The molecule has 0 bridgehead atoms. The van der Waals surface area contributed by atoms with Crippen LogP contribution in [0, 0.1) is 5.82 Å². The van der Waals surface area contributed by atoms with E-state index in [1.807, 2.05) is 0 Å². The minimum Gasteiger partial charge on any atom is -0.484 e. The van der Waals surface area contributed by atoms with Crippen molar-refractivity contribution in [1.82, 2.24) is 0 Å². The van der Waals surface area contributed by atoms with Crippen LogP contribution >= 0.6 is 23.2 Å². The van der Waals surface area contributed by atoms with Gasteiger partial charge in [-0.3, -0.25) is 4.79 Å². The van der Waals surface area contributed by atoms with Gasteiger partial charge in [0.2, 0.25) is 0 Å². The third-order valence-electron chi connectivity index (χ3n) is 3.19. The van der Waals surface area contributed by atoms with Gasteiger partial charge in [-0.2, -0.15) is 0 Å². The highest BCUT2D eigenvalue weighted by atomic mass is 35.5. The summed E-state index contributed by atoms with van der Waals surface area (Å²) in [6.45, 7) is 0. The van der Waals surface area contributed by atoms with Gasteiger partial charge in [-0.1, -0.05) is 29.3 Å². The number of fused-ring (bicyclic) bond motifs is 1. The minimum atomic E-state index is -0.510. The number of benzene rings is 2. The van der Waals surface area contributed by atoms with E-state index in [2.05, 4.69) is 0 Å². The maximum atomic E-state index is 13.1. The molecule has 0 radical (unpaired) electrons. The molecule has 20 heavy (non-hydrogen) atoms. The zero-order valence-electron chi connectivity index (χ0n) is 10.2. The number of hydrogen-bond acceptors (Lipinski definition) is 2. The summed E-state index contributed by atoms with van der Waals surface area (Å²) in [6.07, 6.45) is -0.358. The molecule has 1 unspecified atom stereocenters. The van der Waals surface area contributed by atoms with Crippen molar-refractivity contribution in [2.45, 2.75) is 12.5 Å². The quantitative estimate of drug-likeness (QED) is 0.753. The molecule has 1 heterocycles. The Hall–Kier alpha value is -1.58. The number of rotatable bonds is 1. The molecule has 5 heteroatoms. The standard InChI is InChI=1S/C15H9Cl2FO2/c16-8-1-4-14-11(5-8)13(19)7-15(20-14)10-3-2-9(18)6-12(10)17/h1-6,15H,7H2. The Labute approximate surface area is 125 Å². The van der Waals surface area contributed by atoms with Crippen molar-refractivity contribution in [3.8, 4) is 5.75 Å². The van der Waals surface area contributed by atoms with Gasteiger partial charge in [-0.15, -0.1) is 0 Å². The average Bonchev–Trinajstić information content (AvgIpc) is 2.39. The van der Waals surface area contributed by atoms with E-state index >= 15 is 0 Å². The molecule has 0 aliphatic carbocycles. The van der Waals surface area contributed by atoms with E-state index < -0.39 is 11.9 Å². The smallest absolute Gasteiger partial charge is 0.170 e. The van der Waals surface area contributed by atoms with Gasteiger partial charge in [0.1, 0.15) is 17.7 Å². The van der Waals surface area contributed by atoms with Crippen molar-refractivity contribution in [3.05, 3.63) is 63.4 Å². The van der Waals surface area contributed by atoms with Gasteiger partial charge < -0.3 is 4.74 Å². The second kappa shape index (κ2) is 5.08. The molecule has 2 aromatic rings. The Morgan fingerprint density at radius 3 is 2.70 bits per heavy atom. The van der Waals surface area contributed by atoms with E-state index in [9.17, 15) is 9.18 Å². The van der Waals surface area contributed by atoms with Crippen molar-refractivity contribution in [2.24, 2.45) is 0 Å². The van der Waals surface area contributed by atoms with E-state index in [-0.39, 0.29) is 17.2 Å².